The lowest BCUT2D eigenvalue weighted by atomic mass is 9.90. The van der Waals surface area contributed by atoms with Crippen molar-refractivity contribution in [3.8, 4) is 0 Å². The zero-order valence-electron chi connectivity index (χ0n) is 12.2. The normalized spacial score (nSPS) is 14.4. The largest absolute Gasteiger partial charge is 0.331 e. The zero-order valence-corrected chi connectivity index (χ0v) is 13.9. The predicted octanol–water partition coefficient (Wildman–Crippen LogP) is 4.77. The number of hydrogen-bond acceptors (Lipinski definition) is 3. The predicted molar refractivity (Wildman–Crippen MR) is 94.5 cm³/mol. The van der Waals surface area contributed by atoms with Crippen LogP contribution in [0.4, 0.5) is 0 Å². The van der Waals surface area contributed by atoms with Crippen LogP contribution in [0, 0.1) is 0 Å². The second kappa shape index (κ2) is 6.24. The van der Waals surface area contributed by atoms with E-state index in [4.69, 9.17) is 0 Å². The summed E-state index contributed by atoms with van der Waals surface area (Å²) in [6.07, 6.45) is 9.14. The van der Waals surface area contributed by atoms with Gasteiger partial charge in [-0.15, -0.1) is 11.3 Å². The Morgan fingerprint density at radius 1 is 1.33 bits per heavy atom. The Kier molecular flexibility index (Phi) is 4.36. The maximum atomic E-state index is 4.38. The summed E-state index contributed by atoms with van der Waals surface area (Å²) in [5.74, 6) is 0.926. The number of benzene rings is 1. The minimum Gasteiger partial charge on any atom is -0.331 e. The lowest BCUT2D eigenvalue weighted by Crippen LogP contribution is -2.31. The first kappa shape index (κ1) is 14.7. The molecule has 0 N–H and O–H groups in total. The van der Waals surface area contributed by atoms with Crippen LogP contribution in [0.15, 0.2) is 48.4 Å². The van der Waals surface area contributed by atoms with Gasteiger partial charge in [-0.2, -0.15) is 12.6 Å². The van der Waals surface area contributed by atoms with Gasteiger partial charge in [-0.1, -0.05) is 24.3 Å². The summed E-state index contributed by atoms with van der Waals surface area (Å²) in [6.45, 7) is 2.33. The Balaban J connectivity index is 1.94. The molecule has 3 aromatic rings. The molecule has 2 aromatic heterocycles. The van der Waals surface area contributed by atoms with Crippen molar-refractivity contribution in [2.75, 3.05) is 5.75 Å². The molecule has 0 aliphatic heterocycles. The summed E-state index contributed by atoms with van der Waals surface area (Å²) < 4.78 is 2.25. The summed E-state index contributed by atoms with van der Waals surface area (Å²) in [5, 5.41) is 5.00. The van der Waals surface area contributed by atoms with Gasteiger partial charge in [0.2, 0.25) is 0 Å². The molecule has 1 aromatic carbocycles. The van der Waals surface area contributed by atoms with E-state index >= 15 is 0 Å². The highest BCUT2D eigenvalue weighted by molar-refractivity contribution is 7.80. The van der Waals surface area contributed by atoms with E-state index in [9.17, 15) is 0 Å². The first-order valence-corrected chi connectivity index (χ1v) is 8.78. The summed E-state index contributed by atoms with van der Waals surface area (Å²) in [7, 11) is 0. The molecule has 0 saturated carbocycles. The molecule has 0 amide bonds. The van der Waals surface area contributed by atoms with Gasteiger partial charge in [-0.25, -0.2) is 4.98 Å². The second-order valence-electron chi connectivity index (χ2n) is 5.72. The maximum Gasteiger partial charge on any atom is 0.0951 e. The topological polar surface area (TPSA) is 17.8 Å². The quantitative estimate of drug-likeness (QED) is 0.649. The zero-order chi connectivity index (χ0) is 14.7. The first-order chi connectivity index (χ1) is 10.2. The van der Waals surface area contributed by atoms with Gasteiger partial charge in [-0.05, 0) is 41.7 Å². The van der Waals surface area contributed by atoms with Crippen molar-refractivity contribution in [1.82, 2.24) is 9.55 Å². The fourth-order valence-corrected chi connectivity index (χ4v) is 4.22. The van der Waals surface area contributed by atoms with Crippen LogP contribution in [-0.4, -0.2) is 15.3 Å². The number of aromatic nitrogens is 2. The van der Waals surface area contributed by atoms with Crippen LogP contribution >= 0.6 is 24.0 Å². The second-order valence-corrected chi connectivity index (χ2v) is 7.13. The molecule has 2 nitrogen and oxygen atoms in total. The van der Waals surface area contributed by atoms with Crippen molar-refractivity contribution < 1.29 is 0 Å². The lowest BCUT2D eigenvalue weighted by molar-refractivity contribution is 0.290. The van der Waals surface area contributed by atoms with E-state index in [1.807, 2.05) is 23.9 Å². The van der Waals surface area contributed by atoms with Gasteiger partial charge in [0.1, 0.15) is 0 Å². The number of imidazole rings is 1. The molecule has 110 valence electrons. The van der Waals surface area contributed by atoms with E-state index in [-0.39, 0.29) is 5.54 Å². The Bertz CT molecular complexity index is 702. The van der Waals surface area contributed by atoms with E-state index < -0.39 is 0 Å². The van der Waals surface area contributed by atoms with Gasteiger partial charge in [0, 0.05) is 29.2 Å². The van der Waals surface area contributed by atoms with Crippen molar-refractivity contribution in [3.63, 3.8) is 0 Å². The number of thiol groups is 1. The molecule has 4 heteroatoms. The molecule has 0 bridgehead atoms. The van der Waals surface area contributed by atoms with Crippen LogP contribution in [0.2, 0.25) is 0 Å². The first-order valence-electron chi connectivity index (χ1n) is 7.27. The molecule has 0 radical (unpaired) electrons. The van der Waals surface area contributed by atoms with Crippen LogP contribution in [0.1, 0.15) is 24.6 Å². The van der Waals surface area contributed by atoms with Crippen LogP contribution < -0.4 is 0 Å². The van der Waals surface area contributed by atoms with Crippen molar-refractivity contribution >= 4 is 34.7 Å². The van der Waals surface area contributed by atoms with Gasteiger partial charge >= 0.3 is 0 Å². The molecule has 2 heterocycles. The van der Waals surface area contributed by atoms with Crippen LogP contribution in [0.5, 0.6) is 0 Å². The average molecular weight is 316 g/mol. The van der Waals surface area contributed by atoms with Crippen molar-refractivity contribution in [1.29, 1.82) is 0 Å². The molecular formula is C17H20N2S2. The molecular weight excluding hydrogens is 296 g/mol. The standard InChI is InChI=1S/C17H20N2S2/c1-17(7-4-10-20,19-9-8-18-13-19)11-16-15-6-3-2-5-14(15)12-21-16/h2-3,5-6,8-9,12-13,20H,4,7,10-11H2,1H3. The molecule has 0 spiro atoms. The fourth-order valence-electron chi connectivity index (χ4n) is 2.88. The smallest absolute Gasteiger partial charge is 0.0951 e. The Hall–Kier alpha value is -1.26. The third-order valence-electron chi connectivity index (χ3n) is 4.13. The highest BCUT2D eigenvalue weighted by Crippen LogP contribution is 2.34. The number of nitrogens with zero attached hydrogens (tertiary/aromatic N) is 2. The van der Waals surface area contributed by atoms with E-state index in [0.717, 1.165) is 25.0 Å². The molecule has 0 fully saturated rings. The summed E-state index contributed by atoms with van der Waals surface area (Å²) >= 11 is 6.25. The number of hydrogen-bond donors (Lipinski definition) is 1. The summed E-state index contributed by atoms with van der Waals surface area (Å²) in [5.41, 5.74) is 0.0624. The van der Waals surface area contributed by atoms with Crippen molar-refractivity contribution in [2.24, 2.45) is 0 Å². The average Bonchev–Trinajstić information content (AvgIpc) is 3.16. The molecule has 1 unspecified atom stereocenters. The van der Waals surface area contributed by atoms with Crippen molar-refractivity contribution in [2.45, 2.75) is 31.7 Å². The van der Waals surface area contributed by atoms with Crippen LogP contribution in [0.25, 0.3) is 10.8 Å². The molecule has 0 saturated heterocycles. The van der Waals surface area contributed by atoms with Crippen LogP contribution in [0.3, 0.4) is 0 Å². The van der Waals surface area contributed by atoms with Gasteiger partial charge in [0.05, 0.1) is 6.33 Å². The molecule has 0 aliphatic rings. The molecule has 3 rings (SSSR count). The highest BCUT2D eigenvalue weighted by atomic mass is 32.1. The van der Waals surface area contributed by atoms with Gasteiger partial charge in [0.15, 0.2) is 0 Å². The van der Waals surface area contributed by atoms with Crippen LogP contribution in [-0.2, 0) is 12.0 Å². The molecule has 21 heavy (non-hydrogen) atoms. The molecule has 0 aliphatic carbocycles. The van der Waals surface area contributed by atoms with Crippen molar-refractivity contribution in [3.05, 3.63) is 53.2 Å². The molecule has 1 atom stereocenters. The minimum atomic E-state index is 0.0624. The number of rotatable bonds is 6. The third-order valence-corrected chi connectivity index (χ3v) is 5.47. The third kappa shape index (κ3) is 3.01. The fraction of sp³-hybridized carbons (Fsp3) is 0.353. The summed E-state index contributed by atoms with van der Waals surface area (Å²) in [4.78, 5) is 5.69. The van der Waals surface area contributed by atoms with E-state index in [2.05, 4.69) is 64.9 Å². The number of fused-ring (bicyclic) bond motifs is 1. The summed E-state index contributed by atoms with van der Waals surface area (Å²) in [6, 6.07) is 8.65. The van der Waals surface area contributed by atoms with E-state index in [1.54, 1.807) is 0 Å². The number of thiophene rings is 1. The Labute approximate surface area is 135 Å². The Morgan fingerprint density at radius 2 is 2.19 bits per heavy atom. The maximum absolute atomic E-state index is 4.38. The van der Waals surface area contributed by atoms with Gasteiger partial charge < -0.3 is 4.57 Å². The minimum absolute atomic E-state index is 0.0624. The van der Waals surface area contributed by atoms with Gasteiger partial charge in [-0.3, -0.25) is 0 Å². The monoisotopic (exact) mass is 316 g/mol. The van der Waals surface area contributed by atoms with E-state index in [1.165, 1.54) is 15.6 Å². The van der Waals surface area contributed by atoms with Gasteiger partial charge in [0.25, 0.3) is 0 Å². The SMILES string of the molecule is CC(CCCS)(Cc1scc2ccccc12)n1ccnc1. The van der Waals surface area contributed by atoms with E-state index in [0.29, 0.717) is 0 Å². The lowest BCUT2D eigenvalue weighted by Gasteiger charge is -2.31. The highest BCUT2D eigenvalue weighted by Gasteiger charge is 2.27. The Morgan fingerprint density at radius 3 is 2.95 bits per heavy atom.